The largest absolute Gasteiger partial charge is 0.378 e. The van der Waals surface area contributed by atoms with Gasteiger partial charge >= 0.3 is 0 Å². The summed E-state index contributed by atoms with van der Waals surface area (Å²) in [6.45, 7) is 16.5. The quantitative estimate of drug-likeness (QED) is 0.830. The van der Waals surface area contributed by atoms with Crippen LogP contribution in [-0.2, 0) is 9.53 Å². The van der Waals surface area contributed by atoms with Gasteiger partial charge in [-0.2, -0.15) is 0 Å². The number of ether oxygens (including phenoxy) is 1. The van der Waals surface area contributed by atoms with Gasteiger partial charge in [0.1, 0.15) is 0 Å². The van der Waals surface area contributed by atoms with Crippen molar-refractivity contribution in [3.8, 4) is 0 Å². The third kappa shape index (κ3) is 2.81. The zero-order valence-electron chi connectivity index (χ0n) is 16.7. The lowest BCUT2D eigenvalue weighted by Crippen LogP contribution is -2.61. The molecule has 1 spiro atoms. The number of hydrogen-bond donors (Lipinski definition) is 1. The maximum atomic E-state index is 12.5. The Bertz CT molecular complexity index is 504. The Morgan fingerprint density at radius 3 is 2.54 bits per heavy atom. The van der Waals surface area contributed by atoms with E-state index in [2.05, 4.69) is 39.9 Å². The molecule has 3 rings (SSSR count). The number of rotatable bonds is 3. The van der Waals surface area contributed by atoms with E-state index in [9.17, 15) is 4.79 Å². The fraction of sp³-hybridized carbons (Fsp3) is 0.952. The van der Waals surface area contributed by atoms with Crippen molar-refractivity contribution in [2.24, 2.45) is 34.0 Å². The van der Waals surface area contributed by atoms with Gasteiger partial charge in [0.25, 0.3) is 0 Å². The van der Waals surface area contributed by atoms with Crippen molar-refractivity contribution in [1.29, 1.82) is 0 Å². The first-order valence-electron chi connectivity index (χ1n) is 9.89. The number of carbonyl (C=O) groups excluding carboxylic acids is 1. The molecule has 1 N–H and O–H groups in total. The van der Waals surface area contributed by atoms with Crippen molar-refractivity contribution in [1.82, 2.24) is 5.32 Å². The lowest BCUT2D eigenvalue weighted by atomic mass is 9.58. The fourth-order valence-electron chi connectivity index (χ4n) is 6.02. The average Bonchev–Trinajstić information content (AvgIpc) is 2.91. The Kier molecular flexibility index (Phi) is 4.35. The standard InChI is InChI=1S/C21H37NO2/c1-13(2)17(23)22-18-20(6,7)14-10-15-16(12-19(3,4)5)24-9-8-21(15,18)11-14/h13-16,18H,8-12H2,1-7H3,(H,22,23)/t14-,15-,16-,18+,21?/m1/s1. The molecule has 2 aliphatic carbocycles. The van der Waals surface area contributed by atoms with Crippen LogP contribution in [0.2, 0.25) is 0 Å². The molecule has 0 aromatic carbocycles. The van der Waals surface area contributed by atoms with E-state index in [-0.39, 0.29) is 28.1 Å². The van der Waals surface area contributed by atoms with E-state index in [1.165, 1.54) is 12.8 Å². The summed E-state index contributed by atoms with van der Waals surface area (Å²) in [5.41, 5.74) is 0.745. The monoisotopic (exact) mass is 335 g/mol. The third-order valence-corrected chi connectivity index (χ3v) is 7.25. The maximum absolute atomic E-state index is 12.5. The minimum absolute atomic E-state index is 0.0555. The van der Waals surface area contributed by atoms with Crippen molar-refractivity contribution in [3.63, 3.8) is 0 Å². The van der Waals surface area contributed by atoms with Crippen LogP contribution in [-0.4, -0.2) is 24.7 Å². The van der Waals surface area contributed by atoms with Crippen LogP contribution in [0.3, 0.4) is 0 Å². The zero-order chi connectivity index (χ0) is 17.9. The minimum Gasteiger partial charge on any atom is -0.378 e. The first-order chi connectivity index (χ1) is 11.0. The van der Waals surface area contributed by atoms with Crippen LogP contribution >= 0.6 is 0 Å². The second kappa shape index (κ2) is 5.72. The average molecular weight is 336 g/mol. The SMILES string of the molecule is CC(C)C(=O)N[C@H]1C(C)(C)[C@@H]2C[C@@H]3[C@@H](CC(C)(C)C)OCCC31C2. The second-order valence-corrected chi connectivity index (χ2v) is 10.8. The lowest BCUT2D eigenvalue weighted by Gasteiger charge is -2.54. The van der Waals surface area contributed by atoms with Gasteiger partial charge < -0.3 is 10.1 Å². The maximum Gasteiger partial charge on any atom is 0.222 e. The first kappa shape index (κ1) is 18.2. The first-order valence-corrected chi connectivity index (χ1v) is 9.89. The molecule has 1 saturated heterocycles. The molecule has 0 radical (unpaired) electrons. The van der Waals surface area contributed by atoms with Gasteiger partial charge in [0.05, 0.1) is 6.10 Å². The summed E-state index contributed by atoms with van der Waals surface area (Å²) in [4.78, 5) is 12.5. The van der Waals surface area contributed by atoms with E-state index in [0.717, 1.165) is 19.4 Å². The molecule has 5 atom stereocenters. The number of hydrogen-bond acceptors (Lipinski definition) is 2. The zero-order valence-corrected chi connectivity index (χ0v) is 16.7. The highest BCUT2D eigenvalue weighted by atomic mass is 16.5. The predicted octanol–water partition coefficient (Wildman–Crippen LogP) is 4.40. The second-order valence-electron chi connectivity index (χ2n) is 10.8. The number of amides is 1. The van der Waals surface area contributed by atoms with Crippen LogP contribution in [0.5, 0.6) is 0 Å². The van der Waals surface area contributed by atoms with Gasteiger partial charge in [-0.15, -0.1) is 0 Å². The van der Waals surface area contributed by atoms with Crippen LogP contribution in [0.15, 0.2) is 0 Å². The van der Waals surface area contributed by atoms with Crippen LogP contribution in [0.25, 0.3) is 0 Å². The molecule has 3 heteroatoms. The summed E-state index contributed by atoms with van der Waals surface area (Å²) in [5.74, 6) is 1.60. The predicted molar refractivity (Wildman–Crippen MR) is 97.6 cm³/mol. The van der Waals surface area contributed by atoms with E-state index >= 15 is 0 Å². The van der Waals surface area contributed by atoms with Gasteiger partial charge in [0.15, 0.2) is 0 Å². The number of carbonyl (C=O) groups is 1. The highest BCUT2D eigenvalue weighted by Gasteiger charge is 2.68. The van der Waals surface area contributed by atoms with Gasteiger partial charge in [-0.05, 0) is 53.8 Å². The van der Waals surface area contributed by atoms with Crippen LogP contribution in [0, 0.1) is 34.0 Å². The molecule has 1 heterocycles. The van der Waals surface area contributed by atoms with Crippen molar-refractivity contribution in [2.75, 3.05) is 6.61 Å². The summed E-state index contributed by atoms with van der Waals surface area (Å²) < 4.78 is 6.27. The van der Waals surface area contributed by atoms with E-state index < -0.39 is 0 Å². The molecule has 24 heavy (non-hydrogen) atoms. The molecule has 1 unspecified atom stereocenters. The molecule has 0 aromatic heterocycles. The van der Waals surface area contributed by atoms with E-state index in [1.54, 1.807) is 0 Å². The minimum atomic E-state index is 0.0555. The molecule has 3 fully saturated rings. The smallest absolute Gasteiger partial charge is 0.222 e. The summed E-state index contributed by atoms with van der Waals surface area (Å²) in [6, 6.07) is 0.301. The van der Waals surface area contributed by atoms with Crippen molar-refractivity contribution in [3.05, 3.63) is 0 Å². The normalized spacial score (nSPS) is 40.7. The Morgan fingerprint density at radius 1 is 1.29 bits per heavy atom. The number of fused-ring (bicyclic) bond motifs is 1. The van der Waals surface area contributed by atoms with Gasteiger partial charge in [-0.25, -0.2) is 0 Å². The Morgan fingerprint density at radius 2 is 1.96 bits per heavy atom. The van der Waals surface area contributed by atoms with Crippen molar-refractivity contribution in [2.45, 2.75) is 86.3 Å². The topological polar surface area (TPSA) is 38.3 Å². The summed E-state index contributed by atoms with van der Waals surface area (Å²) in [6.07, 6.45) is 5.15. The Hall–Kier alpha value is -0.570. The summed E-state index contributed by atoms with van der Waals surface area (Å²) in [5, 5.41) is 3.48. The molecule has 3 nitrogen and oxygen atoms in total. The van der Waals surface area contributed by atoms with E-state index in [0.29, 0.717) is 24.0 Å². The van der Waals surface area contributed by atoms with Gasteiger partial charge in [0.2, 0.25) is 5.91 Å². The summed E-state index contributed by atoms with van der Waals surface area (Å²) in [7, 11) is 0. The summed E-state index contributed by atoms with van der Waals surface area (Å²) >= 11 is 0. The fourth-order valence-corrected chi connectivity index (χ4v) is 6.02. The molecular weight excluding hydrogens is 298 g/mol. The highest BCUT2D eigenvalue weighted by molar-refractivity contribution is 5.78. The van der Waals surface area contributed by atoms with E-state index in [1.807, 2.05) is 13.8 Å². The van der Waals surface area contributed by atoms with Gasteiger partial charge in [0, 0.05) is 18.6 Å². The van der Waals surface area contributed by atoms with Crippen molar-refractivity contribution < 1.29 is 9.53 Å². The molecule has 138 valence electrons. The van der Waals surface area contributed by atoms with Crippen molar-refractivity contribution >= 4 is 5.91 Å². The Labute approximate surface area is 148 Å². The molecule has 3 aliphatic rings. The molecule has 1 aliphatic heterocycles. The van der Waals surface area contributed by atoms with Crippen LogP contribution < -0.4 is 5.32 Å². The van der Waals surface area contributed by atoms with Gasteiger partial charge in [-0.1, -0.05) is 48.5 Å². The molecular formula is C21H37NO2. The van der Waals surface area contributed by atoms with E-state index in [4.69, 9.17) is 4.74 Å². The van der Waals surface area contributed by atoms with Gasteiger partial charge in [-0.3, -0.25) is 4.79 Å². The van der Waals surface area contributed by atoms with Crippen LogP contribution in [0.1, 0.15) is 74.1 Å². The lowest BCUT2D eigenvalue weighted by molar-refractivity contribution is -0.142. The molecule has 2 bridgehead atoms. The van der Waals surface area contributed by atoms with Crippen LogP contribution in [0.4, 0.5) is 0 Å². The highest BCUT2D eigenvalue weighted by Crippen LogP contribution is 2.69. The number of nitrogens with one attached hydrogen (secondary N) is 1. The molecule has 0 aromatic rings. The molecule has 1 amide bonds. The molecule has 2 saturated carbocycles. The Balaban J connectivity index is 1.88. The third-order valence-electron chi connectivity index (χ3n) is 7.25.